The highest BCUT2D eigenvalue weighted by atomic mass is 16.1. The van der Waals surface area contributed by atoms with Gasteiger partial charge >= 0.3 is 0 Å². The summed E-state index contributed by atoms with van der Waals surface area (Å²) >= 11 is 0. The highest BCUT2D eigenvalue weighted by molar-refractivity contribution is 5.94. The van der Waals surface area contributed by atoms with Crippen LogP contribution in [0.3, 0.4) is 0 Å². The lowest BCUT2D eigenvalue weighted by atomic mass is 10.1. The highest BCUT2D eigenvalue weighted by Gasteiger charge is 2.11. The second kappa shape index (κ2) is 5.32. The van der Waals surface area contributed by atoms with Gasteiger partial charge in [0.25, 0.3) is 5.91 Å². The van der Waals surface area contributed by atoms with Crippen molar-refractivity contribution in [2.24, 2.45) is 5.92 Å². The third-order valence-electron chi connectivity index (χ3n) is 2.63. The average molecular weight is 216 g/mol. The van der Waals surface area contributed by atoms with Crippen molar-refractivity contribution in [1.29, 1.82) is 5.26 Å². The minimum absolute atomic E-state index is 0.0920. The van der Waals surface area contributed by atoms with E-state index in [0.29, 0.717) is 17.0 Å². The molecule has 16 heavy (non-hydrogen) atoms. The molecule has 1 rings (SSSR count). The molecule has 3 heteroatoms. The summed E-state index contributed by atoms with van der Waals surface area (Å²) in [6.07, 6.45) is 0. The molecule has 0 bridgehead atoms. The first-order chi connectivity index (χ1) is 7.54. The van der Waals surface area contributed by atoms with Gasteiger partial charge in [0, 0.05) is 11.6 Å². The molecule has 0 aliphatic heterocycles. The summed E-state index contributed by atoms with van der Waals surface area (Å²) in [4.78, 5) is 11.8. The molecule has 0 heterocycles. The number of hydrogen-bond acceptors (Lipinski definition) is 2. The molecule has 0 fully saturated rings. The summed E-state index contributed by atoms with van der Waals surface area (Å²) in [5, 5.41) is 11.5. The minimum Gasteiger partial charge on any atom is -0.349 e. The standard InChI is InChI=1S/C13H16N2O/c1-9(2)10(3)15-13(16)12-6-4-11(8-14)5-7-12/h4-7,9-10H,1-3H3,(H,15,16). The molecule has 0 aromatic heterocycles. The Hall–Kier alpha value is -1.82. The fourth-order valence-corrected chi connectivity index (χ4v) is 1.15. The molecule has 0 spiro atoms. The van der Waals surface area contributed by atoms with Crippen molar-refractivity contribution in [2.45, 2.75) is 26.8 Å². The zero-order chi connectivity index (χ0) is 12.1. The maximum Gasteiger partial charge on any atom is 0.251 e. The number of carbonyl (C=O) groups is 1. The molecule has 3 nitrogen and oxygen atoms in total. The zero-order valence-electron chi connectivity index (χ0n) is 9.82. The smallest absolute Gasteiger partial charge is 0.251 e. The first kappa shape index (κ1) is 12.3. The monoisotopic (exact) mass is 216 g/mol. The van der Waals surface area contributed by atoms with E-state index in [4.69, 9.17) is 5.26 Å². The van der Waals surface area contributed by atoms with Crippen LogP contribution in [0.4, 0.5) is 0 Å². The SMILES string of the molecule is CC(C)C(C)NC(=O)c1ccc(C#N)cc1. The minimum atomic E-state index is -0.0920. The van der Waals surface area contributed by atoms with E-state index in [9.17, 15) is 4.79 Å². The number of rotatable bonds is 3. The maximum absolute atomic E-state index is 11.8. The molecule has 1 atom stereocenters. The summed E-state index contributed by atoms with van der Waals surface area (Å²) in [6, 6.07) is 8.79. The second-order valence-corrected chi connectivity index (χ2v) is 4.20. The molecule has 1 N–H and O–H groups in total. The van der Waals surface area contributed by atoms with Crippen LogP contribution in [0.15, 0.2) is 24.3 Å². The largest absolute Gasteiger partial charge is 0.349 e. The Balaban J connectivity index is 2.70. The zero-order valence-corrected chi connectivity index (χ0v) is 9.82. The topological polar surface area (TPSA) is 52.9 Å². The van der Waals surface area contributed by atoms with Gasteiger partial charge in [-0.15, -0.1) is 0 Å². The summed E-state index contributed by atoms with van der Waals surface area (Å²) < 4.78 is 0. The number of nitrogens with one attached hydrogen (secondary N) is 1. The van der Waals surface area contributed by atoms with Crippen LogP contribution in [0.2, 0.25) is 0 Å². The first-order valence-electron chi connectivity index (χ1n) is 5.35. The van der Waals surface area contributed by atoms with Crippen molar-refractivity contribution < 1.29 is 4.79 Å². The van der Waals surface area contributed by atoms with Crippen molar-refractivity contribution in [1.82, 2.24) is 5.32 Å². The van der Waals surface area contributed by atoms with Gasteiger partial charge in [0.2, 0.25) is 0 Å². The Morgan fingerprint density at radius 3 is 2.25 bits per heavy atom. The lowest BCUT2D eigenvalue weighted by molar-refractivity contribution is 0.0930. The molecule has 0 saturated carbocycles. The molecule has 1 aromatic carbocycles. The van der Waals surface area contributed by atoms with Crippen molar-refractivity contribution >= 4 is 5.91 Å². The fraction of sp³-hybridized carbons (Fsp3) is 0.385. The molecule has 0 aliphatic carbocycles. The molecule has 0 radical (unpaired) electrons. The highest BCUT2D eigenvalue weighted by Crippen LogP contribution is 2.05. The van der Waals surface area contributed by atoms with E-state index >= 15 is 0 Å². The van der Waals surface area contributed by atoms with E-state index in [1.807, 2.05) is 13.0 Å². The van der Waals surface area contributed by atoms with Crippen LogP contribution in [0.25, 0.3) is 0 Å². The Morgan fingerprint density at radius 2 is 1.81 bits per heavy atom. The van der Waals surface area contributed by atoms with Crippen LogP contribution >= 0.6 is 0 Å². The van der Waals surface area contributed by atoms with Gasteiger partial charge in [-0.1, -0.05) is 13.8 Å². The van der Waals surface area contributed by atoms with Gasteiger partial charge in [-0.25, -0.2) is 0 Å². The predicted octanol–water partition coefficient (Wildman–Crippen LogP) is 2.33. The molecular weight excluding hydrogens is 200 g/mol. The van der Waals surface area contributed by atoms with E-state index in [-0.39, 0.29) is 11.9 Å². The van der Waals surface area contributed by atoms with Crippen molar-refractivity contribution in [2.75, 3.05) is 0 Å². The Morgan fingerprint density at radius 1 is 1.25 bits per heavy atom. The van der Waals surface area contributed by atoms with Gasteiger partial charge in [-0.05, 0) is 37.1 Å². The predicted molar refractivity (Wildman–Crippen MR) is 62.9 cm³/mol. The van der Waals surface area contributed by atoms with Gasteiger partial charge in [0.1, 0.15) is 0 Å². The van der Waals surface area contributed by atoms with E-state index in [0.717, 1.165) is 0 Å². The number of benzene rings is 1. The molecule has 1 amide bonds. The van der Waals surface area contributed by atoms with Crippen molar-refractivity contribution in [3.05, 3.63) is 35.4 Å². The summed E-state index contributed by atoms with van der Waals surface area (Å²) in [5.74, 6) is 0.313. The van der Waals surface area contributed by atoms with Crippen LogP contribution in [0.5, 0.6) is 0 Å². The van der Waals surface area contributed by atoms with Gasteiger partial charge in [-0.3, -0.25) is 4.79 Å². The Kier molecular flexibility index (Phi) is 4.07. The van der Waals surface area contributed by atoms with Crippen LogP contribution in [-0.4, -0.2) is 11.9 Å². The van der Waals surface area contributed by atoms with Crippen LogP contribution < -0.4 is 5.32 Å². The quantitative estimate of drug-likeness (QED) is 0.843. The number of nitriles is 1. The van der Waals surface area contributed by atoms with Crippen LogP contribution in [-0.2, 0) is 0 Å². The van der Waals surface area contributed by atoms with Crippen molar-refractivity contribution in [3.63, 3.8) is 0 Å². The molecule has 0 aliphatic rings. The van der Waals surface area contributed by atoms with Gasteiger partial charge < -0.3 is 5.32 Å². The van der Waals surface area contributed by atoms with Gasteiger partial charge in [0.05, 0.1) is 11.6 Å². The number of nitrogens with zero attached hydrogens (tertiary/aromatic N) is 1. The van der Waals surface area contributed by atoms with E-state index in [1.54, 1.807) is 24.3 Å². The van der Waals surface area contributed by atoms with Crippen LogP contribution in [0.1, 0.15) is 36.7 Å². The maximum atomic E-state index is 11.8. The fourth-order valence-electron chi connectivity index (χ4n) is 1.15. The third kappa shape index (κ3) is 3.09. The van der Waals surface area contributed by atoms with Crippen molar-refractivity contribution in [3.8, 4) is 6.07 Å². The Bertz CT molecular complexity index is 401. The van der Waals surface area contributed by atoms with Crippen LogP contribution in [0, 0.1) is 17.2 Å². The number of amides is 1. The summed E-state index contributed by atoms with van der Waals surface area (Å²) in [7, 11) is 0. The average Bonchev–Trinajstić information content (AvgIpc) is 2.28. The molecule has 1 aromatic rings. The Labute approximate surface area is 96.1 Å². The molecule has 0 saturated heterocycles. The lowest BCUT2D eigenvalue weighted by Crippen LogP contribution is -2.36. The molecule has 84 valence electrons. The van der Waals surface area contributed by atoms with E-state index < -0.39 is 0 Å². The normalized spacial score (nSPS) is 11.9. The first-order valence-corrected chi connectivity index (χ1v) is 5.35. The number of hydrogen-bond donors (Lipinski definition) is 1. The molecular formula is C13H16N2O. The van der Waals surface area contributed by atoms with Gasteiger partial charge in [-0.2, -0.15) is 5.26 Å². The number of carbonyl (C=O) groups excluding carboxylic acids is 1. The summed E-state index contributed by atoms with van der Waals surface area (Å²) in [6.45, 7) is 6.10. The second-order valence-electron chi connectivity index (χ2n) is 4.20. The molecule has 1 unspecified atom stereocenters. The lowest BCUT2D eigenvalue weighted by Gasteiger charge is -2.17. The van der Waals surface area contributed by atoms with E-state index in [2.05, 4.69) is 19.2 Å². The summed E-state index contributed by atoms with van der Waals surface area (Å²) in [5.41, 5.74) is 1.15. The third-order valence-corrected chi connectivity index (χ3v) is 2.63. The van der Waals surface area contributed by atoms with E-state index in [1.165, 1.54) is 0 Å². The van der Waals surface area contributed by atoms with Gasteiger partial charge in [0.15, 0.2) is 0 Å².